The summed E-state index contributed by atoms with van der Waals surface area (Å²) in [5.74, 6) is 0.131. The van der Waals surface area contributed by atoms with Crippen molar-refractivity contribution < 1.29 is 9.59 Å². The Hall–Kier alpha value is -1.62. The molecule has 2 heterocycles. The maximum Gasteiger partial charge on any atom is 0.234 e. The van der Waals surface area contributed by atoms with Crippen molar-refractivity contribution in [1.82, 2.24) is 9.88 Å². The van der Waals surface area contributed by atoms with Crippen LogP contribution < -0.4 is 5.32 Å². The molecular weight excluding hydrogens is 278 g/mol. The van der Waals surface area contributed by atoms with Crippen LogP contribution in [0.1, 0.15) is 19.5 Å². The molecule has 0 spiro atoms. The van der Waals surface area contributed by atoms with Crippen LogP contribution in [-0.2, 0) is 16.1 Å². The molecule has 1 aromatic rings. The summed E-state index contributed by atoms with van der Waals surface area (Å²) in [4.78, 5) is 30.1. The van der Waals surface area contributed by atoms with Gasteiger partial charge in [-0.05, 0) is 17.5 Å². The largest absolute Gasteiger partial charge is 0.373 e. The number of anilines is 1. The third-order valence-corrected chi connectivity index (χ3v) is 4.72. The normalized spacial score (nSPS) is 26.7. The first-order valence-corrected chi connectivity index (χ1v) is 6.94. The van der Waals surface area contributed by atoms with Gasteiger partial charge in [0.25, 0.3) is 0 Å². The molecule has 2 atom stereocenters. The van der Waals surface area contributed by atoms with Gasteiger partial charge in [-0.15, -0.1) is 0 Å². The van der Waals surface area contributed by atoms with Crippen LogP contribution in [0.25, 0.3) is 0 Å². The van der Waals surface area contributed by atoms with Crippen molar-refractivity contribution in [3.8, 4) is 0 Å². The Kier molecular flexibility index (Phi) is 2.80. The van der Waals surface area contributed by atoms with Gasteiger partial charge in [0.05, 0.1) is 29.1 Å². The van der Waals surface area contributed by atoms with E-state index in [2.05, 4.69) is 10.3 Å². The number of likely N-dealkylation sites (tertiary alicyclic amines) is 1. The fourth-order valence-electron chi connectivity index (χ4n) is 3.04. The first kappa shape index (κ1) is 13.4. The summed E-state index contributed by atoms with van der Waals surface area (Å²) in [7, 11) is 1.75. The Balaban J connectivity index is 1.84. The highest BCUT2D eigenvalue weighted by molar-refractivity contribution is 6.31. The van der Waals surface area contributed by atoms with Crippen LogP contribution in [0.5, 0.6) is 0 Å². The van der Waals surface area contributed by atoms with E-state index >= 15 is 0 Å². The zero-order valence-corrected chi connectivity index (χ0v) is 12.4. The van der Waals surface area contributed by atoms with Gasteiger partial charge in [0.2, 0.25) is 11.8 Å². The van der Waals surface area contributed by atoms with Crippen molar-refractivity contribution in [2.45, 2.75) is 20.4 Å². The Morgan fingerprint density at radius 3 is 2.45 bits per heavy atom. The number of imide groups is 1. The zero-order chi connectivity index (χ0) is 14.7. The number of carbonyl (C=O) groups excluding carboxylic acids is 2. The van der Waals surface area contributed by atoms with Gasteiger partial charge >= 0.3 is 0 Å². The number of hydrogen-bond acceptors (Lipinski definition) is 4. The molecule has 2 amide bonds. The molecule has 20 heavy (non-hydrogen) atoms. The maximum atomic E-state index is 12.3. The molecule has 0 radical (unpaired) electrons. The lowest BCUT2D eigenvalue weighted by Gasteiger charge is -2.20. The van der Waals surface area contributed by atoms with Gasteiger partial charge < -0.3 is 5.32 Å². The summed E-state index contributed by atoms with van der Waals surface area (Å²) in [5.41, 5.74) is 0.355. The highest BCUT2D eigenvalue weighted by atomic mass is 35.5. The van der Waals surface area contributed by atoms with Crippen LogP contribution >= 0.6 is 11.6 Å². The minimum Gasteiger partial charge on any atom is -0.373 e. The summed E-state index contributed by atoms with van der Waals surface area (Å²) >= 11 is 6.09. The molecule has 106 valence electrons. The van der Waals surface area contributed by atoms with Crippen LogP contribution in [-0.4, -0.2) is 28.7 Å². The molecule has 2 fully saturated rings. The number of halogens is 1. The number of rotatable bonds is 3. The minimum absolute atomic E-state index is 0.0993. The summed E-state index contributed by atoms with van der Waals surface area (Å²) in [6, 6.07) is 3.46. The Morgan fingerprint density at radius 2 is 1.90 bits per heavy atom. The van der Waals surface area contributed by atoms with Crippen LogP contribution in [0.3, 0.4) is 0 Å². The molecule has 1 saturated carbocycles. The van der Waals surface area contributed by atoms with Crippen molar-refractivity contribution >= 4 is 29.2 Å². The monoisotopic (exact) mass is 293 g/mol. The maximum absolute atomic E-state index is 12.3. The van der Waals surface area contributed by atoms with E-state index in [1.807, 2.05) is 13.8 Å². The van der Waals surface area contributed by atoms with E-state index in [0.717, 1.165) is 0 Å². The second-order valence-corrected chi connectivity index (χ2v) is 6.32. The summed E-state index contributed by atoms with van der Waals surface area (Å²) in [6.07, 6.45) is 0. The molecule has 1 aliphatic heterocycles. The molecule has 1 N–H and O–H groups in total. The van der Waals surface area contributed by atoms with Crippen molar-refractivity contribution in [3.63, 3.8) is 0 Å². The second kappa shape index (κ2) is 4.19. The van der Waals surface area contributed by atoms with Crippen LogP contribution in [0, 0.1) is 17.3 Å². The van der Waals surface area contributed by atoms with E-state index in [1.165, 1.54) is 4.90 Å². The quantitative estimate of drug-likeness (QED) is 0.865. The number of amides is 2. The molecule has 0 bridgehead atoms. The van der Waals surface area contributed by atoms with Crippen LogP contribution in [0.15, 0.2) is 12.1 Å². The standard InChI is InChI=1S/C14H16ClN3O2/c1-14(2)10-11(14)13(20)18(12(10)19)6-8-7(15)4-5-9(16-3)17-8/h4-5,10-11H,6H2,1-3H3,(H,16,17). The number of carbonyl (C=O) groups is 2. The van der Waals surface area contributed by atoms with Gasteiger partial charge in [-0.1, -0.05) is 25.4 Å². The second-order valence-electron chi connectivity index (χ2n) is 5.91. The zero-order valence-electron chi connectivity index (χ0n) is 11.6. The number of nitrogens with zero attached hydrogens (tertiary/aromatic N) is 2. The highest BCUT2D eigenvalue weighted by Gasteiger charge is 2.72. The lowest BCUT2D eigenvalue weighted by atomic mass is 10.1. The van der Waals surface area contributed by atoms with Gasteiger partial charge in [0, 0.05) is 7.05 Å². The van der Waals surface area contributed by atoms with Crippen LogP contribution in [0.4, 0.5) is 5.82 Å². The first-order valence-electron chi connectivity index (χ1n) is 6.56. The van der Waals surface area contributed by atoms with Crippen LogP contribution in [0.2, 0.25) is 5.02 Å². The van der Waals surface area contributed by atoms with E-state index in [9.17, 15) is 9.59 Å². The molecule has 2 aliphatic rings. The van der Waals surface area contributed by atoms with E-state index in [4.69, 9.17) is 11.6 Å². The fourth-order valence-corrected chi connectivity index (χ4v) is 3.21. The molecule has 3 rings (SSSR count). The average Bonchev–Trinajstić information content (AvgIpc) is 2.88. The summed E-state index contributed by atoms with van der Waals surface area (Å²) < 4.78 is 0. The van der Waals surface area contributed by atoms with E-state index in [0.29, 0.717) is 16.5 Å². The number of hydrogen-bond donors (Lipinski definition) is 1. The molecule has 2 unspecified atom stereocenters. The molecular formula is C14H16ClN3O2. The molecule has 1 aromatic heterocycles. The van der Waals surface area contributed by atoms with Crippen molar-refractivity contribution in [1.29, 1.82) is 0 Å². The van der Waals surface area contributed by atoms with Crippen molar-refractivity contribution in [2.75, 3.05) is 12.4 Å². The molecule has 1 saturated heterocycles. The van der Waals surface area contributed by atoms with Gasteiger partial charge in [0.15, 0.2) is 0 Å². The summed E-state index contributed by atoms with van der Waals surface area (Å²) in [6.45, 7) is 4.07. The number of pyridine rings is 1. The number of nitrogens with one attached hydrogen (secondary N) is 1. The number of aromatic nitrogens is 1. The Labute approximate surface area is 122 Å². The molecule has 5 nitrogen and oxygen atoms in total. The fraction of sp³-hybridized carbons (Fsp3) is 0.500. The van der Waals surface area contributed by atoms with Gasteiger partial charge in [-0.25, -0.2) is 4.98 Å². The SMILES string of the molecule is CNc1ccc(Cl)c(CN2C(=O)C3C(C2=O)C3(C)C)n1. The number of fused-ring (bicyclic) bond motifs is 1. The highest BCUT2D eigenvalue weighted by Crippen LogP contribution is 2.63. The Bertz CT molecular complexity index is 590. The average molecular weight is 294 g/mol. The van der Waals surface area contributed by atoms with Crippen molar-refractivity contribution in [2.24, 2.45) is 17.3 Å². The Morgan fingerprint density at radius 1 is 1.30 bits per heavy atom. The van der Waals surface area contributed by atoms with Gasteiger partial charge in [-0.2, -0.15) is 0 Å². The van der Waals surface area contributed by atoms with E-state index in [1.54, 1.807) is 19.2 Å². The number of piperidine rings is 1. The molecule has 0 aromatic carbocycles. The predicted molar refractivity (Wildman–Crippen MR) is 75.1 cm³/mol. The van der Waals surface area contributed by atoms with Crippen molar-refractivity contribution in [3.05, 3.63) is 22.8 Å². The topological polar surface area (TPSA) is 62.3 Å². The smallest absolute Gasteiger partial charge is 0.234 e. The van der Waals surface area contributed by atoms with E-state index in [-0.39, 0.29) is 35.6 Å². The molecule has 1 aliphatic carbocycles. The van der Waals surface area contributed by atoms with Gasteiger partial charge in [-0.3, -0.25) is 14.5 Å². The third-order valence-electron chi connectivity index (χ3n) is 4.37. The van der Waals surface area contributed by atoms with Gasteiger partial charge in [0.1, 0.15) is 5.82 Å². The molecule has 6 heteroatoms. The lowest BCUT2D eigenvalue weighted by molar-refractivity contribution is -0.143. The lowest BCUT2D eigenvalue weighted by Crippen LogP contribution is -2.36. The predicted octanol–water partition coefficient (Wildman–Crippen LogP) is 1.92. The third kappa shape index (κ3) is 1.73. The minimum atomic E-state index is -0.186. The summed E-state index contributed by atoms with van der Waals surface area (Å²) in [5, 5.41) is 3.38. The first-order chi connectivity index (χ1) is 9.37. The van der Waals surface area contributed by atoms with E-state index < -0.39 is 0 Å².